The third-order valence-corrected chi connectivity index (χ3v) is 5.90. The number of aryl methyl sites for hydroxylation is 1. The summed E-state index contributed by atoms with van der Waals surface area (Å²) in [4.78, 5) is 41.9. The molecule has 0 fully saturated rings. The Kier molecular flexibility index (Phi) is 11.2. The van der Waals surface area contributed by atoms with Crippen LogP contribution in [0.1, 0.15) is 77.1 Å². The summed E-state index contributed by atoms with van der Waals surface area (Å²) in [5, 5.41) is 5.78. The number of carbonyl (C=O) groups is 3. The Balaban J connectivity index is 2.42. The zero-order valence-corrected chi connectivity index (χ0v) is 23.3. The molecule has 0 aromatic heterocycles. The molecule has 2 unspecified atom stereocenters. The molecule has 0 bridgehead atoms. The average Bonchev–Trinajstić information content (AvgIpc) is 2.83. The standard InChI is InChI=1S/C30H43N3O4/c1-8-9-19-33(28(35)25(21(2)3)32-29(36)37-30(5,6)7)26(24-17-15-22(4)16-18-24)27(34)31-20-23-13-11-10-12-14-23/h10-18,21,25-26H,8-9,19-20H2,1-7H3,(H,31,34)(H,32,36). The van der Waals surface area contributed by atoms with Crippen molar-refractivity contribution in [2.75, 3.05) is 6.54 Å². The molecule has 2 aromatic carbocycles. The van der Waals surface area contributed by atoms with E-state index in [1.807, 2.05) is 82.3 Å². The number of nitrogens with one attached hydrogen (secondary N) is 2. The number of hydrogen-bond donors (Lipinski definition) is 2. The second kappa shape index (κ2) is 13.8. The second-order valence-corrected chi connectivity index (χ2v) is 10.8. The van der Waals surface area contributed by atoms with Crippen LogP contribution in [-0.2, 0) is 20.9 Å². The van der Waals surface area contributed by atoms with Crippen LogP contribution in [0.3, 0.4) is 0 Å². The van der Waals surface area contributed by atoms with Gasteiger partial charge in [0, 0.05) is 13.1 Å². The summed E-state index contributed by atoms with van der Waals surface area (Å²) in [6.45, 7) is 13.8. The van der Waals surface area contributed by atoms with Crippen molar-refractivity contribution in [3.05, 3.63) is 71.3 Å². The Hall–Kier alpha value is -3.35. The molecule has 7 heteroatoms. The average molecular weight is 510 g/mol. The van der Waals surface area contributed by atoms with E-state index in [1.54, 1.807) is 25.7 Å². The van der Waals surface area contributed by atoms with Crippen molar-refractivity contribution in [3.63, 3.8) is 0 Å². The first-order valence-electron chi connectivity index (χ1n) is 13.1. The smallest absolute Gasteiger partial charge is 0.408 e. The van der Waals surface area contributed by atoms with Crippen LogP contribution >= 0.6 is 0 Å². The fourth-order valence-corrected chi connectivity index (χ4v) is 3.93. The van der Waals surface area contributed by atoms with E-state index in [9.17, 15) is 14.4 Å². The predicted octanol–water partition coefficient (Wildman–Crippen LogP) is 5.53. The molecular formula is C30H43N3O4. The van der Waals surface area contributed by atoms with Gasteiger partial charge in [-0.1, -0.05) is 87.4 Å². The van der Waals surface area contributed by atoms with Gasteiger partial charge in [0.25, 0.3) is 0 Å². The van der Waals surface area contributed by atoms with Gasteiger partial charge < -0.3 is 20.3 Å². The van der Waals surface area contributed by atoms with E-state index in [2.05, 4.69) is 10.6 Å². The van der Waals surface area contributed by atoms with Crippen LogP contribution in [0.2, 0.25) is 0 Å². The Morgan fingerprint density at radius 1 is 0.973 bits per heavy atom. The number of unbranched alkanes of at least 4 members (excludes halogenated alkanes) is 1. The molecular weight excluding hydrogens is 466 g/mol. The highest BCUT2D eigenvalue weighted by Gasteiger charge is 2.37. The monoisotopic (exact) mass is 509 g/mol. The lowest BCUT2D eigenvalue weighted by Crippen LogP contribution is -2.55. The lowest BCUT2D eigenvalue weighted by Gasteiger charge is -2.35. The van der Waals surface area contributed by atoms with Crippen LogP contribution in [0.15, 0.2) is 54.6 Å². The van der Waals surface area contributed by atoms with Gasteiger partial charge in [-0.25, -0.2) is 4.79 Å². The van der Waals surface area contributed by atoms with E-state index in [1.165, 1.54) is 0 Å². The van der Waals surface area contributed by atoms with Gasteiger partial charge in [-0.2, -0.15) is 0 Å². The van der Waals surface area contributed by atoms with Gasteiger partial charge in [0.2, 0.25) is 11.8 Å². The molecule has 3 amide bonds. The van der Waals surface area contributed by atoms with Crippen molar-refractivity contribution in [2.45, 2.75) is 85.5 Å². The molecule has 0 saturated heterocycles. The lowest BCUT2D eigenvalue weighted by molar-refractivity contribution is -0.143. The number of ether oxygens (including phenoxy) is 1. The molecule has 202 valence electrons. The van der Waals surface area contributed by atoms with E-state index in [0.717, 1.165) is 29.5 Å². The summed E-state index contributed by atoms with van der Waals surface area (Å²) in [7, 11) is 0. The first-order valence-corrected chi connectivity index (χ1v) is 13.1. The SMILES string of the molecule is CCCCN(C(=O)C(NC(=O)OC(C)(C)C)C(C)C)C(C(=O)NCc1ccccc1)c1ccc(C)cc1. The number of amides is 3. The minimum absolute atomic E-state index is 0.213. The highest BCUT2D eigenvalue weighted by Crippen LogP contribution is 2.25. The van der Waals surface area contributed by atoms with Crippen LogP contribution in [0.5, 0.6) is 0 Å². The first kappa shape index (κ1) is 29.9. The van der Waals surface area contributed by atoms with E-state index in [0.29, 0.717) is 13.1 Å². The van der Waals surface area contributed by atoms with Crippen LogP contribution in [0.25, 0.3) is 0 Å². The molecule has 2 aromatic rings. The topological polar surface area (TPSA) is 87.7 Å². The molecule has 2 atom stereocenters. The summed E-state index contributed by atoms with van der Waals surface area (Å²) in [6, 6.07) is 15.6. The maximum atomic E-state index is 14.0. The zero-order valence-electron chi connectivity index (χ0n) is 23.3. The first-order chi connectivity index (χ1) is 17.4. The van der Waals surface area contributed by atoms with Crippen molar-refractivity contribution in [2.24, 2.45) is 5.92 Å². The van der Waals surface area contributed by atoms with Gasteiger partial charge in [-0.15, -0.1) is 0 Å². The second-order valence-electron chi connectivity index (χ2n) is 10.8. The summed E-state index contributed by atoms with van der Waals surface area (Å²) in [5.41, 5.74) is 2.06. The van der Waals surface area contributed by atoms with Crippen LogP contribution < -0.4 is 10.6 Å². The molecule has 0 aliphatic rings. The quantitative estimate of drug-likeness (QED) is 0.417. The summed E-state index contributed by atoms with van der Waals surface area (Å²) in [6.07, 6.45) is 0.912. The number of nitrogens with zero attached hydrogens (tertiary/aromatic N) is 1. The maximum Gasteiger partial charge on any atom is 0.408 e. The number of rotatable bonds is 11. The largest absolute Gasteiger partial charge is 0.444 e. The minimum atomic E-state index is -0.846. The molecule has 0 heterocycles. The van der Waals surface area contributed by atoms with Crippen LogP contribution in [-0.4, -0.2) is 41.0 Å². The van der Waals surface area contributed by atoms with Gasteiger partial charge >= 0.3 is 6.09 Å². The van der Waals surface area contributed by atoms with E-state index < -0.39 is 23.8 Å². The minimum Gasteiger partial charge on any atom is -0.444 e. The Labute approximate surface area is 222 Å². The zero-order chi connectivity index (χ0) is 27.6. The molecule has 2 N–H and O–H groups in total. The summed E-state index contributed by atoms with van der Waals surface area (Å²) >= 11 is 0. The van der Waals surface area contributed by atoms with Crippen molar-refractivity contribution >= 4 is 17.9 Å². The van der Waals surface area contributed by atoms with E-state index in [4.69, 9.17) is 4.74 Å². The Morgan fingerprint density at radius 2 is 1.59 bits per heavy atom. The molecule has 0 saturated carbocycles. The van der Waals surface area contributed by atoms with Gasteiger partial charge in [0.1, 0.15) is 17.7 Å². The molecule has 0 aliphatic heterocycles. The van der Waals surface area contributed by atoms with Gasteiger partial charge in [0.15, 0.2) is 0 Å². The number of carbonyl (C=O) groups excluding carboxylic acids is 3. The molecule has 37 heavy (non-hydrogen) atoms. The summed E-state index contributed by atoms with van der Waals surface area (Å²) in [5.74, 6) is -0.790. The van der Waals surface area contributed by atoms with Gasteiger partial charge in [0.05, 0.1) is 0 Å². The predicted molar refractivity (Wildman–Crippen MR) is 147 cm³/mol. The van der Waals surface area contributed by atoms with E-state index >= 15 is 0 Å². The van der Waals surface area contributed by atoms with Crippen molar-refractivity contribution in [1.29, 1.82) is 0 Å². The van der Waals surface area contributed by atoms with Crippen LogP contribution in [0.4, 0.5) is 4.79 Å². The highest BCUT2D eigenvalue weighted by molar-refractivity contribution is 5.92. The number of alkyl carbamates (subject to hydrolysis) is 1. The Morgan fingerprint density at radius 3 is 2.14 bits per heavy atom. The number of benzene rings is 2. The molecule has 0 aliphatic carbocycles. The van der Waals surface area contributed by atoms with Crippen LogP contribution in [0, 0.1) is 12.8 Å². The Bertz CT molecular complexity index is 1010. The fourth-order valence-electron chi connectivity index (χ4n) is 3.93. The van der Waals surface area contributed by atoms with Crippen molar-refractivity contribution in [3.8, 4) is 0 Å². The molecule has 2 rings (SSSR count). The summed E-state index contributed by atoms with van der Waals surface area (Å²) < 4.78 is 5.42. The van der Waals surface area contributed by atoms with Crippen molar-refractivity contribution < 1.29 is 19.1 Å². The van der Waals surface area contributed by atoms with E-state index in [-0.39, 0.29) is 17.7 Å². The molecule has 0 radical (unpaired) electrons. The maximum absolute atomic E-state index is 14.0. The third kappa shape index (κ3) is 9.56. The van der Waals surface area contributed by atoms with Gasteiger partial charge in [-0.05, 0) is 51.2 Å². The van der Waals surface area contributed by atoms with Crippen molar-refractivity contribution in [1.82, 2.24) is 15.5 Å². The third-order valence-electron chi connectivity index (χ3n) is 5.90. The lowest BCUT2D eigenvalue weighted by atomic mass is 9.98. The highest BCUT2D eigenvalue weighted by atomic mass is 16.6. The number of hydrogen-bond acceptors (Lipinski definition) is 4. The molecule has 7 nitrogen and oxygen atoms in total. The fraction of sp³-hybridized carbons (Fsp3) is 0.500. The normalized spacial score (nSPS) is 13.0. The molecule has 0 spiro atoms. The van der Waals surface area contributed by atoms with Gasteiger partial charge in [-0.3, -0.25) is 9.59 Å².